The molecule has 0 saturated heterocycles. The van der Waals surface area contributed by atoms with Gasteiger partial charge in [0.25, 0.3) is 0 Å². The maximum atomic E-state index is 10.2. The number of hydrogen-bond donors (Lipinski definition) is 0. The van der Waals surface area contributed by atoms with Gasteiger partial charge in [-0.2, -0.15) is 0 Å². The second kappa shape index (κ2) is 9.24. The number of carbonyl (C=O) groups excluding carboxylic acids is 1. The molecule has 0 aromatic rings. The van der Waals surface area contributed by atoms with Crippen LogP contribution in [0, 0.1) is 0 Å². The Hall–Kier alpha value is -0.850. The second-order valence-corrected chi connectivity index (χ2v) is 3.26. The molecule has 1 nitrogen and oxygen atoms in total. The van der Waals surface area contributed by atoms with Crippen LogP contribution in [0.1, 0.15) is 45.4 Å². The fraction of sp³-hybridized carbons (Fsp3) is 0.583. The molecule has 0 unspecified atom stereocenters. The lowest BCUT2D eigenvalue weighted by molar-refractivity contribution is -0.105. The summed E-state index contributed by atoms with van der Waals surface area (Å²) in [4.78, 5) is 10.2. The first-order chi connectivity index (χ1) is 6.31. The van der Waals surface area contributed by atoms with Gasteiger partial charge in [0.15, 0.2) is 0 Å². The fourth-order valence-electron chi connectivity index (χ4n) is 1.13. The summed E-state index contributed by atoms with van der Waals surface area (Å²) in [6.45, 7) is 5.78. The van der Waals surface area contributed by atoms with Crippen molar-refractivity contribution in [3.8, 4) is 0 Å². The zero-order valence-corrected chi connectivity index (χ0v) is 8.59. The Kier molecular flexibility index (Phi) is 8.64. The molecule has 0 aliphatic heterocycles. The zero-order valence-electron chi connectivity index (χ0n) is 8.59. The molecule has 1 heteroatoms. The average Bonchev–Trinajstić information content (AvgIpc) is 2.16. The van der Waals surface area contributed by atoms with E-state index in [9.17, 15) is 4.79 Å². The highest BCUT2D eigenvalue weighted by molar-refractivity contribution is 5.71. The molecule has 0 radical (unpaired) electrons. The Bertz CT molecular complexity index is 168. The molecule has 0 aliphatic carbocycles. The minimum absolute atomic E-state index is 0.726. The van der Waals surface area contributed by atoms with E-state index in [0.29, 0.717) is 0 Å². The normalized spacial score (nSPS) is 10.5. The number of unbranched alkanes of at least 4 members (excludes halogenated alkanes) is 3. The van der Waals surface area contributed by atoms with Crippen molar-refractivity contribution in [3.63, 3.8) is 0 Å². The van der Waals surface area contributed by atoms with Gasteiger partial charge in [0.1, 0.15) is 6.29 Å². The van der Waals surface area contributed by atoms with Crippen LogP contribution >= 0.6 is 0 Å². The summed E-state index contributed by atoms with van der Waals surface area (Å²) in [5.41, 5.74) is 0.726. The molecule has 0 atom stereocenters. The molecule has 0 aliphatic rings. The molecular formula is C12H20O. The van der Waals surface area contributed by atoms with Gasteiger partial charge in [-0.15, -0.1) is 0 Å². The molecule has 0 spiro atoms. The van der Waals surface area contributed by atoms with Gasteiger partial charge in [-0.1, -0.05) is 32.1 Å². The summed E-state index contributed by atoms with van der Waals surface area (Å²) < 4.78 is 0. The van der Waals surface area contributed by atoms with E-state index in [1.54, 1.807) is 0 Å². The van der Waals surface area contributed by atoms with Crippen LogP contribution in [0.2, 0.25) is 0 Å². The van der Waals surface area contributed by atoms with Crippen LogP contribution in [0.15, 0.2) is 24.3 Å². The number of aldehydes is 1. The van der Waals surface area contributed by atoms with Crippen LogP contribution in [0.3, 0.4) is 0 Å². The third kappa shape index (κ3) is 9.06. The number of rotatable bonds is 8. The quantitative estimate of drug-likeness (QED) is 0.241. The third-order valence-electron chi connectivity index (χ3n) is 1.94. The van der Waals surface area contributed by atoms with E-state index in [4.69, 9.17) is 0 Å². The number of allylic oxidation sites excluding steroid dienone is 3. The Morgan fingerprint density at radius 1 is 1.23 bits per heavy atom. The summed E-state index contributed by atoms with van der Waals surface area (Å²) in [6.07, 6.45) is 12.0. The largest absolute Gasteiger partial charge is 0.298 e. The van der Waals surface area contributed by atoms with Crippen LogP contribution in [0.4, 0.5) is 0 Å². The predicted molar refractivity (Wildman–Crippen MR) is 57.7 cm³/mol. The minimum Gasteiger partial charge on any atom is -0.298 e. The van der Waals surface area contributed by atoms with E-state index in [0.717, 1.165) is 31.1 Å². The van der Waals surface area contributed by atoms with E-state index in [1.807, 2.05) is 0 Å². The SMILES string of the molecule is C=C(C=O)CCCCC/C=C\CC. The first kappa shape index (κ1) is 12.2. The monoisotopic (exact) mass is 180 g/mol. The predicted octanol–water partition coefficient (Wildman–Crippen LogP) is 3.66. The molecule has 0 saturated carbocycles. The molecule has 0 aromatic heterocycles. The maximum absolute atomic E-state index is 10.2. The van der Waals surface area contributed by atoms with Crippen molar-refractivity contribution in [1.82, 2.24) is 0 Å². The van der Waals surface area contributed by atoms with E-state index in [-0.39, 0.29) is 0 Å². The highest BCUT2D eigenvalue weighted by atomic mass is 16.1. The van der Waals surface area contributed by atoms with Crippen LogP contribution in [-0.2, 0) is 4.79 Å². The van der Waals surface area contributed by atoms with Crippen molar-refractivity contribution < 1.29 is 4.79 Å². The van der Waals surface area contributed by atoms with Crippen molar-refractivity contribution in [1.29, 1.82) is 0 Å². The number of carbonyl (C=O) groups is 1. The van der Waals surface area contributed by atoms with E-state index < -0.39 is 0 Å². The van der Waals surface area contributed by atoms with Crippen molar-refractivity contribution >= 4 is 6.29 Å². The van der Waals surface area contributed by atoms with Crippen LogP contribution in [0.25, 0.3) is 0 Å². The summed E-state index contributed by atoms with van der Waals surface area (Å²) >= 11 is 0. The van der Waals surface area contributed by atoms with Crippen LogP contribution in [-0.4, -0.2) is 6.29 Å². The minimum atomic E-state index is 0.726. The number of hydrogen-bond acceptors (Lipinski definition) is 1. The van der Waals surface area contributed by atoms with Gasteiger partial charge in [0.2, 0.25) is 0 Å². The molecule has 0 aromatic carbocycles. The van der Waals surface area contributed by atoms with Gasteiger partial charge in [-0.25, -0.2) is 0 Å². The Labute approximate surface area is 81.5 Å². The lowest BCUT2D eigenvalue weighted by atomic mass is 10.1. The Morgan fingerprint density at radius 2 is 2.00 bits per heavy atom. The average molecular weight is 180 g/mol. The standard InChI is InChI=1S/C12H20O/c1-3-4-5-6-7-8-9-10-12(2)11-13/h4-5,11H,2-3,6-10H2,1H3/b5-4-. The summed E-state index contributed by atoms with van der Waals surface area (Å²) in [6, 6.07) is 0. The van der Waals surface area contributed by atoms with Gasteiger partial charge in [0.05, 0.1) is 0 Å². The lowest BCUT2D eigenvalue weighted by Gasteiger charge is -1.97. The zero-order chi connectivity index (χ0) is 9.94. The summed E-state index contributed by atoms with van der Waals surface area (Å²) in [5, 5.41) is 0. The first-order valence-electron chi connectivity index (χ1n) is 5.09. The van der Waals surface area contributed by atoms with Gasteiger partial charge < -0.3 is 0 Å². The van der Waals surface area contributed by atoms with E-state index >= 15 is 0 Å². The molecule has 13 heavy (non-hydrogen) atoms. The Balaban J connectivity index is 3.12. The van der Waals surface area contributed by atoms with Gasteiger partial charge >= 0.3 is 0 Å². The highest BCUT2D eigenvalue weighted by Gasteiger charge is 1.91. The molecule has 0 amide bonds. The van der Waals surface area contributed by atoms with Crippen molar-refractivity contribution in [2.45, 2.75) is 45.4 Å². The van der Waals surface area contributed by atoms with Crippen LogP contribution in [0.5, 0.6) is 0 Å². The summed E-state index contributed by atoms with van der Waals surface area (Å²) in [5.74, 6) is 0. The second-order valence-electron chi connectivity index (χ2n) is 3.26. The topological polar surface area (TPSA) is 17.1 Å². The molecule has 0 fully saturated rings. The molecular weight excluding hydrogens is 160 g/mol. The Morgan fingerprint density at radius 3 is 2.62 bits per heavy atom. The third-order valence-corrected chi connectivity index (χ3v) is 1.94. The maximum Gasteiger partial charge on any atom is 0.145 e. The molecule has 0 bridgehead atoms. The first-order valence-corrected chi connectivity index (χ1v) is 5.09. The molecule has 0 heterocycles. The molecule has 74 valence electrons. The highest BCUT2D eigenvalue weighted by Crippen LogP contribution is 2.07. The molecule has 0 rings (SSSR count). The van der Waals surface area contributed by atoms with Crippen molar-refractivity contribution in [2.24, 2.45) is 0 Å². The van der Waals surface area contributed by atoms with E-state index in [2.05, 4.69) is 25.7 Å². The fourth-order valence-corrected chi connectivity index (χ4v) is 1.13. The van der Waals surface area contributed by atoms with Gasteiger partial charge in [-0.3, -0.25) is 4.79 Å². The van der Waals surface area contributed by atoms with Crippen LogP contribution < -0.4 is 0 Å². The molecule has 0 N–H and O–H groups in total. The van der Waals surface area contributed by atoms with Gasteiger partial charge in [0, 0.05) is 0 Å². The van der Waals surface area contributed by atoms with Gasteiger partial charge in [-0.05, 0) is 37.7 Å². The summed E-state index contributed by atoms with van der Waals surface area (Å²) in [7, 11) is 0. The van der Waals surface area contributed by atoms with Crippen molar-refractivity contribution in [2.75, 3.05) is 0 Å². The smallest absolute Gasteiger partial charge is 0.145 e. The van der Waals surface area contributed by atoms with E-state index in [1.165, 1.54) is 19.3 Å². The van der Waals surface area contributed by atoms with Crippen molar-refractivity contribution in [3.05, 3.63) is 24.3 Å². The lowest BCUT2D eigenvalue weighted by Crippen LogP contribution is -1.83.